The number of benzene rings is 1. The van der Waals surface area contributed by atoms with E-state index < -0.39 is 0 Å². The van der Waals surface area contributed by atoms with Crippen molar-refractivity contribution in [2.45, 2.75) is 18.3 Å². The number of hydrogen-bond acceptors (Lipinski definition) is 3. The topological polar surface area (TPSA) is 15.7 Å². The number of rotatable bonds is 3. The maximum absolute atomic E-state index is 14.1. The largest absolute Gasteiger partial charge is 0.379 e. The zero-order valence-electron chi connectivity index (χ0n) is 11.5. The lowest BCUT2D eigenvalue weighted by atomic mass is 10.2. The van der Waals surface area contributed by atoms with E-state index in [9.17, 15) is 4.39 Å². The molecular weight excluding hydrogens is 279 g/mol. The molecule has 2 fully saturated rings. The summed E-state index contributed by atoms with van der Waals surface area (Å²) in [6.45, 7) is 5.43. The third-order valence-electron chi connectivity index (χ3n) is 4.23. The Morgan fingerprint density at radius 2 is 2.05 bits per heavy atom. The fourth-order valence-corrected chi connectivity index (χ4v) is 3.26. The highest BCUT2D eigenvalue weighted by atomic mass is 35.5. The summed E-state index contributed by atoms with van der Waals surface area (Å²) in [5.74, 6) is 0.193. The lowest BCUT2D eigenvalue weighted by Crippen LogP contribution is -2.44. The van der Waals surface area contributed by atoms with E-state index in [2.05, 4.69) is 9.80 Å². The Morgan fingerprint density at radius 1 is 1.25 bits per heavy atom. The minimum Gasteiger partial charge on any atom is -0.379 e. The quantitative estimate of drug-likeness (QED) is 0.798. The van der Waals surface area contributed by atoms with Gasteiger partial charge in [-0.05, 0) is 24.1 Å². The van der Waals surface area contributed by atoms with E-state index in [1.54, 1.807) is 6.07 Å². The number of nitrogens with zero attached hydrogens (tertiary/aromatic N) is 2. The van der Waals surface area contributed by atoms with Crippen molar-refractivity contribution in [2.24, 2.45) is 0 Å². The Kier molecular flexibility index (Phi) is 4.44. The van der Waals surface area contributed by atoms with Crippen LogP contribution in [0.3, 0.4) is 0 Å². The highest BCUT2D eigenvalue weighted by Gasteiger charge is 2.29. The molecular formula is C15H20ClFN2O. The van der Waals surface area contributed by atoms with Crippen LogP contribution < -0.4 is 4.90 Å². The first-order chi connectivity index (χ1) is 9.78. The van der Waals surface area contributed by atoms with Crippen LogP contribution in [0.25, 0.3) is 0 Å². The standard InChI is InChI=1S/C15H20ClFN2O/c16-10-12-1-2-15(14(17)9-12)19-4-3-13(11-19)18-5-7-20-8-6-18/h1-2,9,13H,3-8,10-11H2. The van der Waals surface area contributed by atoms with Gasteiger partial charge in [0.25, 0.3) is 0 Å². The summed E-state index contributed by atoms with van der Waals surface area (Å²) in [6, 6.07) is 5.83. The van der Waals surface area contributed by atoms with Crippen LogP contribution in [0.4, 0.5) is 10.1 Å². The predicted octanol–water partition coefficient (Wildman–Crippen LogP) is 2.48. The molecule has 0 bridgehead atoms. The molecule has 110 valence electrons. The minimum absolute atomic E-state index is 0.161. The molecule has 0 aromatic heterocycles. The van der Waals surface area contributed by atoms with Gasteiger partial charge >= 0.3 is 0 Å². The van der Waals surface area contributed by atoms with Gasteiger partial charge in [-0.15, -0.1) is 11.6 Å². The summed E-state index contributed by atoms with van der Waals surface area (Å²) >= 11 is 5.74. The van der Waals surface area contributed by atoms with Gasteiger partial charge in [0, 0.05) is 38.1 Å². The average Bonchev–Trinajstić information content (AvgIpc) is 2.97. The SMILES string of the molecule is Fc1cc(CCl)ccc1N1CCC(N2CCOCC2)C1. The highest BCUT2D eigenvalue weighted by Crippen LogP contribution is 2.27. The van der Waals surface area contributed by atoms with Crippen LogP contribution in [0.2, 0.25) is 0 Å². The smallest absolute Gasteiger partial charge is 0.146 e. The first-order valence-corrected chi connectivity index (χ1v) is 7.72. The summed E-state index contributed by atoms with van der Waals surface area (Å²) in [6.07, 6.45) is 1.09. The van der Waals surface area contributed by atoms with Crippen molar-refractivity contribution in [1.29, 1.82) is 0 Å². The van der Waals surface area contributed by atoms with Gasteiger partial charge in [0.05, 0.1) is 18.9 Å². The predicted molar refractivity (Wildman–Crippen MR) is 79.0 cm³/mol. The molecule has 20 heavy (non-hydrogen) atoms. The van der Waals surface area contributed by atoms with Crippen molar-refractivity contribution in [1.82, 2.24) is 4.90 Å². The second-order valence-electron chi connectivity index (χ2n) is 5.46. The molecule has 3 rings (SSSR count). The molecule has 0 spiro atoms. The van der Waals surface area contributed by atoms with Crippen molar-refractivity contribution >= 4 is 17.3 Å². The molecule has 0 amide bonds. The monoisotopic (exact) mass is 298 g/mol. The lowest BCUT2D eigenvalue weighted by molar-refractivity contribution is 0.0209. The summed E-state index contributed by atoms with van der Waals surface area (Å²) < 4.78 is 19.5. The molecule has 2 saturated heterocycles. The van der Waals surface area contributed by atoms with Crippen molar-refractivity contribution in [3.05, 3.63) is 29.6 Å². The third kappa shape index (κ3) is 2.92. The molecule has 1 atom stereocenters. The zero-order chi connectivity index (χ0) is 13.9. The van der Waals surface area contributed by atoms with Crippen LogP contribution in [0.15, 0.2) is 18.2 Å². The molecule has 1 aromatic carbocycles. The van der Waals surface area contributed by atoms with Crippen LogP contribution in [0, 0.1) is 5.82 Å². The van der Waals surface area contributed by atoms with Gasteiger partial charge in [-0.2, -0.15) is 0 Å². The average molecular weight is 299 g/mol. The van der Waals surface area contributed by atoms with E-state index in [4.69, 9.17) is 16.3 Å². The Balaban J connectivity index is 1.67. The van der Waals surface area contributed by atoms with E-state index in [0.717, 1.165) is 51.4 Å². The molecule has 5 heteroatoms. The second-order valence-corrected chi connectivity index (χ2v) is 5.72. The van der Waals surface area contributed by atoms with Gasteiger partial charge < -0.3 is 9.64 Å². The Hall–Kier alpha value is -0.840. The van der Waals surface area contributed by atoms with E-state index in [1.807, 2.05) is 12.1 Å². The van der Waals surface area contributed by atoms with Crippen LogP contribution >= 0.6 is 11.6 Å². The number of morpholine rings is 1. The van der Waals surface area contributed by atoms with Crippen LogP contribution in [-0.4, -0.2) is 50.3 Å². The van der Waals surface area contributed by atoms with Crippen molar-refractivity contribution < 1.29 is 9.13 Å². The molecule has 0 N–H and O–H groups in total. The minimum atomic E-state index is -0.161. The molecule has 3 nitrogen and oxygen atoms in total. The molecule has 0 radical (unpaired) electrons. The summed E-state index contributed by atoms with van der Waals surface area (Å²) in [5.41, 5.74) is 1.53. The van der Waals surface area contributed by atoms with Gasteiger partial charge in [-0.3, -0.25) is 4.90 Å². The Morgan fingerprint density at radius 3 is 2.75 bits per heavy atom. The number of anilines is 1. The number of hydrogen-bond donors (Lipinski definition) is 0. The first kappa shape index (κ1) is 14.1. The molecule has 1 unspecified atom stereocenters. The van der Waals surface area contributed by atoms with E-state index in [0.29, 0.717) is 17.6 Å². The number of alkyl halides is 1. The van der Waals surface area contributed by atoms with Gasteiger partial charge in [-0.25, -0.2) is 4.39 Å². The first-order valence-electron chi connectivity index (χ1n) is 7.19. The van der Waals surface area contributed by atoms with Gasteiger partial charge in [0.1, 0.15) is 5.82 Å². The lowest BCUT2D eigenvalue weighted by Gasteiger charge is -2.32. The van der Waals surface area contributed by atoms with E-state index >= 15 is 0 Å². The maximum atomic E-state index is 14.1. The van der Waals surface area contributed by atoms with Crippen molar-refractivity contribution in [3.63, 3.8) is 0 Å². The summed E-state index contributed by atoms with van der Waals surface area (Å²) in [5, 5.41) is 0. The molecule has 2 aliphatic rings. The normalized spacial score (nSPS) is 24.3. The van der Waals surface area contributed by atoms with E-state index in [1.165, 1.54) is 0 Å². The van der Waals surface area contributed by atoms with Crippen LogP contribution in [-0.2, 0) is 10.6 Å². The maximum Gasteiger partial charge on any atom is 0.146 e. The fraction of sp³-hybridized carbons (Fsp3) is 0.600. The van der Waals surface area contributed by atoms with Gasteiger partial charge in [0.15, 0.2) is 0 Å². The molecule has 0 aliphatic carbocycles. The fourth-order valence-electron chi connectivity index (χ4n) is 3.09. The molecule has 2 heterocycles. The summed E-state index contributed by atoms with van der Waals surface area (Å²) in [4.78, 5) is 4.61. The Labute approximate surface area is 124 Å². The van der Waals surface area contributed by atoms with Gasteiger partial charge in [-0.1, -0.05) is 6.07 Å². The van der Waals surface area contributed by atoms with Gasteiger partial charge in [0.2, 0.25) is 0 Å². The number of ether oxygens (including phenoxy) is 1. The van der Waals surface area contributed by atoms with Crippen molar-refractivity contribution in [3.8, 4) is 0 Å². The van der Waals surface area contributed by atoms with Crippen LogP contribution in [0.5, 0.6) is 0 Å². The Bertz CT molecular complexity index is 465. The van der Waals surface area contributed by atoms with Crippen LogP contribution in [0.1, 0.15) is 12.0 Å². The molecule has 0 saturated carbocycles. The molecule has 1 aromatic rings. The van der Waals surface area contributed by atoms with E-state index in [-0.39, 0.29) is 5.82 Å². The van der Waals surface area contributed by atoms with Crippen molar-refractivity contribution in [2.75, 3.05) is 44.3 Å². The number of halogens is 2. The second kappa shape index (κ2) is 6.29. The molecule has 2 aliphatic heterocycles. The summed E-state index contributed by atoms with van der Waals surface area (Å²) in [7, 11) is 0. The third-order valence-corrected chi connectivity index (χ3v) is 4.54. The highest BCUT2D eigenvalue weighted by molar-refractivity contribution is 6.17. The zero-order valence-corrected chi connectivity index (χ0v) is 12.3.